The molecule has 0 aliphatic heterocycles. The first-order valence-electron chi connectivity index (χ1n) is 4.44. The molecule has 4 heteroatoms. The Kier molecular flexibility index (Phi) is 7.24. The maximum atomic E-state index is 10.9. The Labute approximate surface area is 83.3 Å². The van der Waals surface area contributed by atoms with Crippen LogP contribution in [0.4, 0.5) is 0 Å². The van der Waals surface area contributed by atoms with E-state index in [0.717, 1.165) is 0 Å². The van der Waals surface area contributed by atoms with Crippen LogP contribution in [0.15, 0.2) is 0 Å². The van der Waals surface area contributed by atoms with Crippen molar-refractivity contribution in [2.24, 2.45) is 0 Å². The first-order chi connectivity index (χ1) is 6.66. The molecule has 78 valence electrons. The van der Waals surface area contributed by atoms with E-state index in [1.54, 1.807) is 6.92 Å². The van der Waals surface area contributed by atoms with Crippen LogP contribution < -0.4 is 0 Å². The molecule has 0 bridgehead atoms. The van der Waals surface area contributed by atoms with Gasteiger partial charge < -0.3 is 9.84 Å². The molecule has 0 rings (SSSR count). The quantitative estimate of drug-likeness (QED) is 0.395. The highest BCUT2D eigenvalue weighted by Gasteiger charge is 2.02. The smallest absolute Gasteiger partial charge is 0.306 e. The Morgan fingerprint density at radius 3 is 2.50 bits per heavy atom. The van der Waals surface area contributed by atoms with Gasteiger partial charge in [0.1, 0.15) is 0 Å². The van der Waals surface area contributed by atoms with E-state index < -0.39 is 5.97 Å². The first-order valence-corrected chi connectivity index (χ1v) is 4.44. The molecule has 14 heavy (non-hydrogen) atoms. The van der Waals surface area contributed by atoms with Crippen LogP contribution in [0, 0.1) is 11.8 Å². The summed E-state index contributed by atoms with van der Waals surface area (Å²) in [6.45, 7) is 1.79. The van der Waals surface area contributed by atoms with Crippen molar-refractivity contribution in [2.75, 3.05) is 6.61 Å². The number of hydrogen-bond donors (Lipinski definition) is 1. The van der Waals surface area contributed by atoms with Gasteiger partial charge in [0.25, 0.3) is 0 Å². The van der Waals surface area contributed by atoms with Crippen LogP contribution in [0.1, 0.15) is 32.6 Å². The average Bonchev–Trinajstić information content (AvgIpc) is 2.13. The number of carbonyl (C=O) groups excluding carboxylic acids is 1. The maximum Gasteiger partial charge on any atom is 0.306 e. The summed E-state index contributed by atoms with van der Waals surface area (Å²) >= 11 is 0. The van der Waals surface area contributed by atoms with Crippen LogP contribution >= 0.6 is 0 Å². The maximum absolute atomic E-state index is 10.9. The molecule has 0 heterocycles. The lowest BCUT2D eigenvalue weighted by Crippen LogP contribution is -2.04. The van der Waals surface area contributed by atoms with Crippen molar-refractivity contribution in [2.45, 2.75) is 32.6 Å². The molecule has 0 fully saturated rings. The van der Waals surface area contributed by atoms with Crippen molar-refractivity contribution in [1.29, 1.82) is 0 Å². The van der Waals surface area contributed by atoms with Crippen molar-refractivity contribution in [3.8, 4) is 11.8 Å². The number of aliphatic carboxylic acids is 1. The van der Waals surface area contributed by atoms with Gasteiger partial charge in [-0.15, -0.1) is 5.92 Å². The number of carboxylic acid groups (broad SMARTS) is 1. The normalized spacial score (nSPS) is 8.64. The van der Waals surface area contributed by atoms with Crippen LogP contribution in [0.5, 0.6) is 0 Å². The molecule has 0 aromatic rings. The monoisotopic (exact) mass is 198 g/mol. The SMILES string of the molecule is CC#CCOC(=O)CCCCC(=O)O. The number of unbranched alkanes of at least 4 members (excludes halogenated alkanes) is 1. The first kappa shape index (κ1) is 12.5. The molecule has 0 saturated heterocycles. The van der Waals surface area contributed by atoms with E-state index in [1.165, 1.54) is 0 Å². The molecule has 0 atom stereocenters. The van der Waals surface area contributed by atoms with E-state index in [0.29, 0.717) is 12.8 Å². The summed E-state index contributed by atoms with van der Waals surface area (Å²) in [4.78, 5) is 21.0. The van der Waals surface area contributed by atoms with E-state index in [-0.39, 0.29) is 25.4 Å². The summed E-state index contributed by atoms with van der Waals surface area (Å²) in [6.07, 6.45) is 1.41. The third kappa shape index (κ3) is 8.60. The number of hydrogen-bond acceptors (Lipinski definition) is 3. The third-order valence-corrected chi connectivity index (χ3v) is 1.50. The minimum atomic E-state index is -0.838. The Morgan fingerprint density at radius 1 is 1.29 bits per heavy atom. The van der Waals surface area contributed by atoms with Crippen LogP contribution in [0.3, 0.4) is 0 Å². The largest absolute Gasteiger partial charge is 0.481 e. The number of esters is 1. The van der Waals surface area contributed by atoms with Crippen LogP contribution in [0.2, 0.25) is 0 Å². The summed E-state index contributed by atoms with van der Waals surface area (Å²) in [7, 11) is 0. The second-order valence-corrected chi connectivity index (χ2v) is 2.69. The predicted octanol–water partition coefficient (Wildman–Crippen LogP) is 1.20. The zero-order chi connectivity index (χ0) is 10.8. The Morgan fingerprint density at radius 2 is 1.93 bits per heavy atom. The summed E-state index contributed by atoms with van der Waals surface area (Å²) in [5.74, 6) is 4.04. The summed E-state index contributed by atoms with van der Waals surface area (Å²) in [5.41, 5.74) is 0. The van der Waals surface area contributed by atoms with Crippen molar-refractivity contribution in [3.05, 3.63) is 0 Å². The van der Waals surface area contributed by atoms with Gasteiger partial charge in [-0.05, 0) is 19.8 Å². The van der Waals surface area contributed by atoms with E-state index in [2.05, 4.69) is 11.8 Å². The highest BCUT2D eigenvalue weighted by molar-refractivity contribution is 5.69. The molecular weight excluding hydrogens is 184 g/mol. The molecular formula is C10H14O4. The Bertz CT molecular complexity index is 247. The molecule has 1 N–H and O–H groups in total. The van der Waals surface area contributed by atoms with E-state index >= 15 is 0 Å². The molecule has 0 aromatic heterocycles. The second-order valence-electron chi connectivity index (χ2n) is 2.69. The molecule has 0 aliphatic rings. The molecule has 0 radical (unpaired) electrons. The van der Waals surface area contributed by atoms with Crippen molar-refractivity contribution >= 4 is 11.9 Å². The lowest BCUT2D eigenvalue weighted by molar-refractivity contribution is -0.143. The summed E-state index contributed by atoms with van der Waals surface area (Å²) in [5, 5.41) is 8.32. The molecule has 4 nitrogen and oxygen atoms in total. The molecule has 0 unspecified atom stereocenters. The number of ether oxygens (including phenoxy) is 1. The van der Waals surface area contributed by atoms with Gasteiger partial charge in [0.2, 0.25) is 0 Å². The number of carbonyl (C=O) groups is 2. The van der Waals surface area contributed by atoms with E-state index in [4.69, 9.17) is 9.84 Å². The average molecular weight is 198 g/mol. The van der Waals surface area contributed by atoms with Gasteiger partial charge in [0.15, 0.2) is 6.61 Å². The topological polar surface area (TPSA) is 63.6 Å². The van der Waals surface area contributed by atoms with Crippen LogP contribution in [-0.4, -0.2) is 23.7 Å². The lowest BCUT2D eigenvalue weighted by Gasteiger charge is -1.99. The van der Waals surface area contributed by atoms with Gasteiger partial charge >= 0.3 is 11.9 Å². The van der Waals surface area contributed by atoms with Crippen LogP contribution in [-0.2, 0) is 14.3 Å². The molecule has 0 amide bonds. The minimum absolute atomic E-state index is 0.0993. The minimum Gasteiger partial charge on any atom is -0.481 e. The van der Waals surface area contributed by atoms with Crippen molar-refractivity contribution in [1.82, 2.24) is 0 Å². The van der Waals surface area contributed by atoms with Gasteiger partial charge in [-0.1, -0.05) is 5.92 Å². The van der Waals surface area contributed by atoms with Gasteiger partial charge in [0, 0.05) is 12.8 Å². The third-order valence-electron chi connectivity index (χ3n) is 1.50. The van der Waals surface area contributed by atoms with Gasteiger partial charge in [0.05, 0.1) is 0 Å². The van der Waals surface area contributed by atoms with Gasteiger partial charge in [-0.3, -0.25) is 9.59 Å². The second kappa shape index (κ2) is 8.11. The molecule has 0 spiro atoms. The molecule has 0 aliphatic carbocycles. The van der Waals surface area contributed by atoms with E-state index in [9.17, 15) is 9.59 Å². The van der Waals surface area contributed by atoms with E-state index in [1.807, 2.05) is 0 Å². The highest BCUT2D eigenvalue weighted by Crippen LogP contribution is 2.00. The van der Waals surface area contributed by atoms with Crippen molar-refractivity contribution in [3.63, 3.8) is 0 Å². The fourth-order valence-electron chi connectivity index (χ4n) is 0.806. The fourth-order valence-corrected chi connectivity index (χ4v) is 0.806. The highest BCUT2D eigenvalue weighted by atomic mass is 16.5. The zero-order valence-corrected chi connectivity index (χ0v) is 8.21. The van der Waals surface area contributed by atoms with Gasteiger partial charge in [-0.25, -0.2) is 0 Å². The fraction of sp³-hybridized carbons (Fsp3) is 0.600. The van der Waals surface area contributed by atoms with Crippen molar-refractivity contribution < 1.29 is 19.4 Å². The number of rotatable bonds is 6. The zero-order valence-electron chi connectivity index (χ0n) is 8.21. The molecule has 0 aromatic carbocycles. The van der Waals surface area contributed by atoms with Crippen LogP contribution in [0.25, 0.3) is 0 Å². The Hall–Kier alpha value is -1.50. The van der Waals surface area contributed by atoms with Gasteiger partial charge in [-0.2, -0.15) is 0 Å². The predicted molar refractivity (Wildman–Crippen MR) is 50.5 cm³/mol. The molecule has 0 saturated carbocycles. The number of carboxylic acids is 1. The lowest BCUT2D eigenvalue weighted by atomic mass is 10.2. The summed E-state index contributed by atoms with van der Waals surface area (Å²) in [6, 6.07) is 0. The standard InChI is InChI=1S/C10H14O4/c1-2-3-8-14-10(13)7-5-4-6-9(11)12/h4-8H2,1H3,(H,11,12). The Balaban J connectivity index is 3.34. The summed E-state index contributed by atoms with van der Waals surface area (Å²) < 4.78 is 4.73.